The molecule has 0 saturated heterocycles. The van der Waals surface area contributed by atoms with Crippen molar-refractivity contribution in [3.63, 3.8) is 0 Å². The molecule has 0 amide bonds. The van der Waals surface area contributed by atoms with Gasteiger partial charge in [-0.25, -0.2) is 0 Å². The van der Waals surface area contributed by atoms with Gasteiger partial charge in [0.2, 0.25) is 0 Å². The van der Waals surface area contributed by atoms with Crippen molar-refractivity contribution < 1.29 is 0 Å². The first kappa shape index (κ1) is 9.26. The number of nitrogens with one attached hydrogen (secondary N) is 1. The van der Waals surface area contributed by atoms with Crippen molar-refractivity contribution in [3.05, 3.63) is 23.8 Å². The minimum absolute atomic E-state index is 0.849. The predicted octanol–water partition coefficient (Wildman–Crippen LogP) is 2.66. The van der Waals surface area contributed by atoms with Crippen molar-refractivity contribution in [1.29, 1.82) is 0 Å². The molecular weight excluding hydrogens is 168 g/mol. The lowest BCUT2D eigenvalue weighted by Crippen LogP contribution is -1.92. The summed E-state index contributed by atoms with van der Waals surface area (Å²) in [6, 6.07) is 5.97. The van der Waals surface area contributed by atoms with E-state index in [-0.39, 0.29) is 0 Å². The summed E-state index contributed by atoms with van der Waals surface area (Å²) in [5.74, 6) is 1.06. The fourth-order valence-electron chi connectivity index (χ4n) is 0.895. The van der Waals surface area contributed by atoms with E-state index < -0.39 is 0 Å². The molecule has 0 bridgehead atoms. The zero-order valence-electron chi connectivity index (χ0n) is 7.42. The van der Waals surface area contributed by atoms with Crippen LogP contribution in [-0.4, -0.2) is 5.75 Å². The van der Waals surface area contributed by atoms with Crippen LogP contribution in [0.15, 0.2) is 18.2 Å². The maximum Gasteiger partial charge on any atom is 0.0444 e. The quantitative estimate of drug-likeness (QED) is 0.557. The first-order valence-corrected chi connectivity index (χ1v) is 4.96. The molecule has 0 aromatic heterocycles. The molecule has 0 atom stereocenters. The highest BCUT2D eigenvalue weighted by Crippen LogP contribution is 2.18. The Morgan fingerprint density at radius 2 is 2.25 bits per heavy atom. The van der Waals surface area contributed by atoms with Crippen LogP contribution in [0.25, 0.3) is 0 Å². The van der Waals surface area contributed by atoms with Gasteiger partial charge >= 0.3 is 0 Å². The third kappa shape index (κ3) is 2.34. The lowest BCUT2D eigenvalue weighted by Gasteiger charge is -2.05. The highest BCUT2D eigenvalue weighted by Gasteiger charge is 1.94. The average molecular weight is 182 g/mol. The molecule has 0 heterocycles. The standard InChI is InChI=1S/C9H14N2S/c1-3-12-11-8-4-5-9(10)7(2)6-8/h4-6,11H,3,10H2,1-2H3. The lowest BCUT2D eigenvalue weighted by atomic mass is 10.2. The first-order valence-electron chi connectivity index (χ1n) is 3.98. The van der Waals surface area contributed by atoms with Gasteiger partial charge in [-0.05, 0) is 30.7 Å². The van der Waals surface area contributed by atoms with E-state index in [0.29, 0.717) is 0 Å². The third-order valence-electron chi connectivity index (χ3n) is 1.60. The predicted molar refractivity (Wildman–Crippen MR) is 57.3 cm³/mol. The van der Waals surface area contributed by atoms with Crippen LogP contribution in [0.1, 0.15) is 12.5 Å². The second-order valence-corrected chi connectivity index (χ2v) is 3.68. The molecule has 66 valence electrons. The number of nitrogens with two attached hydrogens (primary N) is 1. The molecule has 2 nitrogen and oxygen atoms in total. The van der Waals surface area contributed by atoms with Crippen molar-refractivity contribution in [2.45, 2.75) is 13.8 Å². The molecular formula is C9H14N2S. The highest BCUT2D eigenvalue weighted by molar-refractivity contribution is 8.00. The molecule has 0 spiro atoms. The van der Waals surface area contributed by atoms with Gasteiger partial charge in [0.25, 0.3) is 0 Å². The Bertz CT molecular complexity index is 261. The monoisotopic (exact) mass is 182 g/mol. The summed E-state index contributed by atoms with van der Waals surface area (Å²) in [7, 11) is 0. The molecule has 0 unspecified atom stereocenters. The van der Waals surface area contributed by atoms with Crippen molar-refractivity contribution in [2.75, 3.05) is 16.2 Å². The summed E-state index contributed by atoms with van der Waals surface area (Å²) < 4.78 is 3.22. The second-order valence-electron chi connectivity index (χ2n) is 2.61. The van der Waals surface area contributed by atoms with Gasteiger partial charge in [-0.3, -0.25) is 0 Å². The van der Waals surface area contributed by atoms with E-state index in [1.165, 1.54) is 0 Å². The molecule has 0 saturated carbocycles. The minimum atomic E-state index is 0.849. The third-order valence-corrected chi connectivity index (χ3v) is 2.27. The van der Waals surface area contributed by atoms with E-state index in [1.807, 2.05) is 19.1 Å². The summed E-state index contributed by atoms with van der Waals surface area (Å²) in [4.78, 5) is 0. The number of rotatable bonds is 3. The van der Waals surface area contributed by atoms with E-state index in [1.54, 1.807) is 11.9 Å². The van der Waals surface area contributed by atoms with E-state index in [2.05, 4.69) is 17.7 Å². The van der Waals surface area contributed by atoms with Gasteiger partial charge in [0.1, 0.15) is 0 Å². The van der Waals surface area contributed by atoms with Gasteiger partial charge in [0.05, 0.1) is 0 Å². The Kier molecular flexibility index (Phi) is 3.29. The zero-order chi connectivity index (χ0) is 8.97. The van der Waals surface area contributed by atoms with Crippen molar-refractivity contribution in [2.24, 2.45) is 0 Å². The van der Waals surface area contributed by atoms with Crippen molar-refractivity contribution >= 4 is 23.3 Å². The van der Waals surface area contributed by atoms with Crippen LogP contribution in [-0.2, 0) is 0 Å². The zero-order valence-corrected chi connectivity index (χ0v) is 8.24. The molecule has 12 heavy (non-hydrogen) atoms. The molecule has 3 heteroatoms. The van der Waals surface area contributed by atoms with Gasteiger partial charge < -0.3 is 10.5 Å². The van der Waals surface area contributed by atoms with E-state index in [9.17, 15) is 0 Å². The molecule has 0 fully saturated rings. The van der Waals surface area contributed by atoms with Crippen LogP contribution in [0.4, 0.5) is 11.4 Å². The number of hydrogen-bond donors (Lipinski definition) is 2. The van der Waals surface area contributed by atoms with Gasteiger partial charge in [-0.1, -0.05) is 18.9 Å². The summed E-state index contributed by atoms with van der Waals surface area (Å²) in [6.07, 6.45) is 0. The molecule has 3 N–H and O–H groups in total. The van der Waals surface area contributed by atoms with Gasteiger partial charge in [-0.15, -0.1) is 0 Å². The van der Waals surface area contributed by atoms with Crippen LogP contribution < -0.4 is 10.5 Å². The summed E-state index contributed by atoms with van der Waals surface area (Å²) in [5, 5.41) is 0. The smallest absolute Gasteiger partial charge is 0.0444 e. The Hall–Kier alpha value is -0.830. The maximum absolute atomic E-state index is 5.68. The molecule has 0 radical (unpaired) electrons. The SMILES string of the molecule is CCSNc1ccc(N)c(C)c1. The fourth-order valence-corrected chi connectivity index (χ4v) is 1.33. The van der Waals surface area contributed by atoms with Crippen LogP contribution in [0.5, 0.6) is 0 Å². The van der Waals surface area contributed by atoms with E-state index in [0.717, 1.165) is 22.7 Å². The molecule has 1 aromatic carbocycles. The lowest BCUT2D eigenvalue weighted by molar-refractivity contribution is 1.47. The number of anilines is 2. The summed E-state index contributed by atoms with van der Waals surface area (Å²) >= 11 is 1.68. The summed E-state index contributed by atoms with van der Waals surface area (Å²) in [6.45, 7) is 4.12. The van der Waals surface area contributed by atoms with Crippen molar-refractivity contribution in [3.8, 4) is 0 Å². The molecule has 0 aliphatic rings. The number of nitrogen functional groups attached to an aromatic ring is 1. The first-order chi connectivity index (χ1) is 5.74. The molecule has 1 rings (SSSR count). The normalized spacial score (nSPS) is 9.83. The largest absolute Gasteiger partial charge is 0.399 e. The average Bonchev–Trinajstić information content (AvgIpc) is 2.07. The van der Waals surface area contributed by atoms with Gasteiger partial charge in [-0.2, -0.15) is 0 Å². The molecule has 0 aliphatic heterocycles. The number of benzene rings is 1. The highest BCUT2D eigenvalue weighted by atomic mass is 32.2. The van der Waals surface area contributed by atoms with Crippen LogP contribution in [0.3, 0.4) is 0 Å². The second kappa shape index (κ2) is 4.26. The van der Waals surface area contributed by atoms with Crippen LogP contribution in [0, 0.1) is 6.92 Å². The summed E-state index contributed by atoms with van der Waals surface area (Å²) in [5.41, 5.74) is 8.77. The topological polar surface area (TPSA) is 38.0 Å². The fraction of sp³-hybridized carbons (Fsp3) is 0.333. The Labute approximate surface area is 77.7 Å². The van der Waals surface area contributed by atoms with Gasteiger partial charge in [0.15, 0.2) is 0 Å². The maximum atomic E-state index is 5.68. The van der Waals surface area contributed by atoms with Crippen molar-refractivity contribution in [1.82, 2.24) is 0 Å². The van der Waals surface area contributed by atoms with Gasteiger partial charge in [0, 0.05) is 17.1 Å². The van der Waals surface area contributed by atoms with E-state index in [4.69, 9.17) is 5.73 Å². The minimum Gasteiger partial charge on any atom is -0.399 e. The van der Waals surface area contributed by atoms with E-state index >= 15 is 0 Å². The van der Waals surface area contributed by atoms with Crippen LogP contribution in [0.2, 0.25) is 0 Å². The number of aryl methyl sites for hydroxylation is 1. The molecule has 1 aromatic rings. The Morgan fingerprint density at radius 1 is 1.50 bits per heavy atom. The number of hydrogen-bond acceptors (Lipinski definition) is 3. The Morgan fingerprint density at radius 3 is 2.83 bits per heavy atom. The Balaban J connectivity index is 2.69. The van der Waals surface area contributed by atoms with Crippen LogP contribution >= 0.6 is 11.9 Å². The molecule has 0 aliphatic carbocycles.